The zero-order valence-electron chi connectivity index (χ0n) is 15.9. The monoisotopic (exact) mass is 503 g/mol. The molecule has 0 spiro atoms. The van der Waals surface area contributed by atoms with Crippen LogP contribution in [0.3, 0.4) is 0 Å². The summed E-state index contributed by atoms with van der Waals surface area (Å²) in [7, 11) is 0. The average molecular weight is 504 g/mol. The highest BCUT2D eigenvalue weighted by molar-refractivity contribution is 7.99. The van der Waals surface area contributed by atoms with E-state index in [0.29, 0.717) is 5.02 Å². The number of aromatic nitrogens is 3. The lowest BCUT2D eigenvalue weighted by atomic mass is 10.2. The minimum absolute atomic E-state index is 0.0247. The van der Waals surface area contributed by atoms with Crippen LogP contribution < -0.4 is 16.6 Å². The van der Waals surface area contributed by atoms with Crippen LogP contribution in [0.4, 0.5) is 24.8 Å². The van der Waals surface area contributed by atoms with Gasteiger partial charge in [0.2, 0.25) is 11.1 Å². The molecule has 2 aromatic carbocycles. The number of carbonyl (C=O) groups is 1. The molecule has 3 rings (SSSR count). The summed E-state index contributed by atoms with van der Waals surface area (Å²) >= 11 is 12.6. The predicted octanol–water partition coefficient (Wildman–Crippen LogP) is 4.49. The van der Waals surface area contributed by atoms with E-state index < -0.39 is 17.6 Å². The number of nitrogens with two attached hydrogens (primary N) is 1. The minimum Gasteiger partial charge on any atom is -0.334 e. The highest BCUT2D eigenvalue weighted by Crippen LogP contribution is 2.34. The third-order valence-electron chi connectivity index (χ3n) is 3.81. The van der Waals surface area contributed by atoms with E-state index in [1.54, 1.807) is 24.3 Å². The first-order chi connectivity index (χ1) is 15.1. The Balaban J connectivity index is 1.57. The molecule has 0 saturated carbocycles. The van der Waals surface area contributed by atoms with Gasteiger partial charge in [-0.1, -0.05) is 47.1 Å². The SMILES string of the molecule is Nn1c(N/N=C/c2ccc(Cl)cc2)nnc1SCC(=O)Nc1cc(C(F)(F)F)ccc1Cl. The van der Waals surface area contributed by atoms with Gasteiger partial charge in [0.1, 0.15) is 0 Å². The fraction of sp³-hybridized carbons (Fsp3) is 0.111. The molecule has 14 heteroatoms. The lowest BCUT2D eigenvalue weighted by Gasteiger charge is -2.11. The molecule has 1 heterocycles. The Kier molecular flexibility index (Phi) is 7.48. The number of nitrogens with zero attached hydrogens (tertiary/aromatic N) is 4. The number of amides is 1. The molecule has 32 heavy (non-hydrogen) atoms. The van der Waals surface area contributed by atoms with Crippen molar-refractivity contribution in [3.05, 3.63) is 63.6 Å². The maximum absolute atomic E-state index is 12.8. The van der Waals surface area contributed by atoms with Gasteiger partial charge in [-0.05, 0) is 35.9 Å². The number of halogens is 5. The molecule has 0 aliphatic rings. The molecule has 0 radical (unpaired) electrons. The van der Waals surface area contributed by atoms with Gasteiger partial charge >= 0.3 is 6.18 Å². The summed E-state index contributed by atoms with van der Waals surface area (Å²) in [5.74, 6) is 5.18. The van der Waals surface area contributed by atoms with Crippen molar-refractivity contribution in [1.82, 2.24) is 14.9 Å². The van der Waals surface area contributed by atoms with Crippen molar-refractivity contribution in [3.63, 3.8) is 0 Å². The van der Waals surface area contributed by atoms with Crippen LogP contribution in [-0.4, -0.2) is 32.7 Å². The fourth-order valence-electron chi connectivity index (χ4n) is 2.28. The second-order valence-corrected chi connectivity index (χ2v) is 7.91. The Morgan fingerprint density at radius 2 is 1.91 bits per heavy atom. The van der Waals surface area contributed by atoms with Crippen molar-refractivity contribution in [2.75, 3.05) is 22.3 Å². The number of hydrazone groups is 1. The number of nitrogen functional groups attached to an aromatic ring is 1. The number of hydrogen-bond donors (Lipinski definition) is 3. The van der Waals surface area contributed by atoms with Crippen LogP contribution in [0.15, 0.2) is 52.7 Å². The zero-order valence-corrected chi connectivity index (χ0v) is 18.2. The first kappa shape index (κ1) is 23.7. The third-order valence-corrected chi connectivity index (χ3v) is 5.34. The van der Waals surface area contributed by atoms with E-state index >= 15 is 0 Å². The van der Waals surface area contributed by atoms with Crippen LogP contribution in [0.5, 0.6) is 0 Å². The topological polar surface area (TPSA) is 110 Å². The maximum atomic E-state index is 12.8. The van der Waals surface area contributed by atoms with Crippen molar-refractivity contribution >= 4 is 58.7 Å². The van der Waals surface area contributed by atoms with Gasteiger partial charge in [-0.25, -0.2) is 10.1 Å². The molecule has 0 fully saturated rings. The average Bonchev–Trinajstić information content (AvgIpc) is 3.08. The van der Waals surface area contributed by atoms with E-state index in [0.717, 1.165) is 40.2 Å². The summed E-state index contributed by atoms with van der Waals surface area (Å²) in [6, 6.07) is 9.59. The van der Waals surface area contributed by atoms with Gasteiger partial charge in [0, 0.05) is 5.02 Å². The number of nitrogens with one attached hydrogen (secondary N) is 2. The third kappa shape index (κ3) is 6.28. The van der Waals surface area contributed by atoms with Crippen molar-refractivity contribution in [2.45, 2.75) is 11.3 Å². The summed E-state index contributed by atoms with van der Waals surface area (Å²) in [4.78, 5) is 12.2. The van der Waals surface area contributed by atoms with E-state index in [1.807, 2.05) is 0 Å². The standard InChI is InChI=1S/C18H14Cl2F3N7OS/c19-12-4-1-10(2-5-12)8-25-27-16-28-29-17(30(16)24)32-9-15(31)26-14-7-11(18(21,22)23)3-6-13(14)20/h1-8H,9,24H2,(H,26,31)(H,27,28)/b25-8+. The highest BCUT2D eigenvalue weighted by atomic mass is 35.5. The Morgan fingerprint density at radius 3 is 2.59 bits per heavy atom. The number of carbonyl (C=O) groups excluding carboxylic acids is 1. The molecule has 0 unspecified atom stereocenters. The van der Waals surface area contributed by atoms with E-state index in [1.165, 1.54) is 6.21 Å². The van der Waals surface area contributed by atoms with E-state index in [9.17, 15) is 18.0 Å². The second-order valence-electron chi connectivity index (χ2n) is 6.13. The smallest absolute Gasteiger partial charge is 0.334 e. The van der Waals surface area contributed by atoms with E-state index in [-0.39, 0.29) is 27.6 Å². The number of thioether (sulfide) groups is 1. The molecule has 0 aliphatic carbocycles. The number of hydrogen-bond acceptors (Lipinski definition) is 7. The van der Waals surface area contributed by atoms with Crippen molar-refractivity contribution in [3.8, 4) is 0 Å². The van der Waals surface area contributed by atoms with Crippen LogP contribution in [0.25, 0.3) is 0 Å². The van der Waals surface area contributed by atoms with Gasteiger partial charge in [-0.3, -0.25) is 4.79 Å². The fourth-order valence-corrected chi connectivity index (χ4v) is 3.23. The molecule has 1 amide bonds. The minimum atomic E-state index is -4.56. The maximum Gasteiger partial charge on any atom is 0.416 e. The summed E-state index contributed by atoms with van der Waals surface area (Å²) in [6.07, 6.45) is -3.04. The van der Waals surface area contributed by atoms with Crippen LogP contribution in [0.2, 0.25) is 10.0 Å². The first-order valence-electron chi connectivity index (χ1n) is 8.68. The largest absolute Gasteiger partial charge is 0.416 e. The Bertz CT molecular complexity index is 1140. The highest BCUT2D eigenvalue weighted by Gasteiger charge is 2.31. The number of anilines is 2. The summed E-state index contributed by atoms with van der Waals surface area (Å²) in [5.41, 5.74) is 2.31. The quantitative estimate of drug-likeness (QED) is 0.189. The van der Waals surface area contributed by atoms with Crippen molar-refractivity contribution in [2.24, 2.45) is 5.10 Å². The molecule has 0 saturated heterocycles. The number of alkyl halides is 3. The Hall–Kier alpha value is -2.96. The van der Waals surface area contributed by atoms with E-state index in [2.05, 4.69) is 26.0 Å². The molecule has 4 N–H and O–H groups in total. The first-order valence-corrected chi connectivity index (χ1v) is 10.4. The number of rotatable bonds is 7. The van der Waals surface area contributed by atoms with Gasteiger partial charge < -0.3 is 11.2 Å². The molecular weight excluding hydrogens is 490 g/mol. The van der Waals surface area contributed by atoms with E-state index in [4.69, 9.17) is 29.0 Å². The summed E-state index contributed by atoms with van der Waals surface area (Å²) in [5, 5.41) is 14.7. The molecule has 0 aliphatic heterocycles. The Morgan fingerprint density at radius 1 is 1.19 bits per heavy atom. The molecule has 3 aromatic rings. The Labute approximate surface area is 193 Å². The lowest BCUT2D eigenvalue weighted by Crippen LogP contribution is -2.17. The molecular formula is C18H14Cl2F3N7OS. The van der Waals surface area contributed by atoms with Crippen LogP contribution in [0, 0.1) is 0 Å². The zero-order chi connectivity index (χ0) is 23.3. The van der Waals surface area contributed by atoms with Gasteiger partial charge in [-0.15, -0.1) is 10.2 Å². The van der Waals surface area contributed by atoms with Crippen LogP contribution in [-0.2, 0) is 11.0 Å². The lowest BCUT2D eigenvalue weighted by molar-refractivity contribution is -0.137. The number of benzene rings is 2. The summed E-state index contributed by atoms with van der Waals surface area (Å²) < 4.78 is 39.6. The van der Waals surface area contributed by atoms with Gasteiger partial charge in [0.25, 0.3) is 5.95 Å². The van der Waals surface area contributed by atoms with Gasteiger partial charge in [-0.2, -0.15) is 18.3 Å². The second kappa shape index (κ2) is 10.1. The normalized spacial score (nSPS) is 11.7. The molecule has 1 aromatic heterocycles. The molecule has 8 nitrogen and oxygen atoms in total. The predicted molar refractivity (Wildman–Crippen MR) is 119 cm³/mol. The van der Waals surface area contributed by atoms with Crippen molar-refractivity contribution < 1.29 is 18.0 Å². The molecule has 168 valence electrons. The summed E-state index contributed by atoms with van der Waals surface area (Å²) in [6.45, 7) is 0. The van der Waals surface area contributed by atoms with Crippen LogP contribution >= 0.6 is 35.0 Å². The van der Waals surface area contributed by atoms with Crippen molar-refractivity contribution in [1.29, 1.82) is 0 Å². The van der Waals surface area contributed by atoms with Crippen LogP contribution in [0.1, 0.15) is 11.1 Å². The molecule has 0 atom stereocenters. The molecule has 0 bridgehead atoms. The van der Waals surface area contributed by atoms with Gasteiger partial charge in [0.05, 0.1) is 28.2 Å². The van der Waals surface area contributed by atoms with Gasteiger partial charge in [0.15, 0.2) is 0 Å².